The maximum absolute atomic E-state index is 12.5. The minimum Gasteiger partial charge on any atom is -0.407 e. The van der Waals surface area contributed by atoms with E-state index in [1.807, 2.05) is 18.2 Å². The van der Waals surface area contributed by atoms with Gasteiger partial charge in [0.15, 0.2) is 0 Å². The third kappa shape index (κ3) is 4.32. The monoisotopic (exact) mass is 367 g/mol. The molecule has 26 heavy (non-hydrogen) atoms. The number of aryl methyl sites for hydroxylation is 2. The van der Waals surface area contributed by atoms with Crippen LogP contribution >= 0.6 is 11.8 Å². The standard InChI is InChI=1S/C20H21N3O2S/c1-4-26-17-8-6-5-7-16(17)19(24)21-20-23-22-18(25-20)12-15-10-9-13(2)11-14(15)3/h5-11H,4,12H2,1-3H3,(H,21,23,24). The van der Waals surface area contributed by atoms with E-state index in [0.717, 1.165) is 16.2 Å². The van der Waals surface area contributed by atoms with Gasteiger partial charge in [0.25, 0.3) is 5.91 Å². The molecule has 0 saturated carbocycles. The van der Waals surface area contributed by atoms with Crippen LogP contribution < -0.4 is 5.32 Å². The SMILES string of the molecule is CCSc1ccccc1C(=O)Nc1nnc(Cc2ccc(C)cc2C)o1. The van der Waals surface area contributed by atoms with Gasteiger partial charge in [-0.25, -0.2) is 0 Å². The van der Waals surface area contributed by atoms with Crippen LogP contribution in [0.1, 0.15) is 39.9 Å². The third-order valence-electron chi connectivity index (χ3n) is 3.96. The summed E-state index contributed by atoms with van der Waals surface area (Å²) in [6, 6.07) is 13.8. The van der Waals surface area contributed by atoms with Crippen LogP contribution in [0.4, 0.5) is 6.01 Å². The fraction of sp³-hybridized carbons (Fsp3) is 0.250. The van der Waals surface area contributed by atoms with Crippen molar-refractivity contribution in [3.63, 3.8) is 0 Å². The summed E-state index contributed by atoms with van der Waals surface area (Å²) in [5.74, 6) is 1.12. The van der Waals surface area contributed by atoms with Crippen molar-refractivity contribution in [1.29, 1.82) is 0 Å². The van der Waals surface area contributed by atoms with E-state index in [0.29, 0.717) is 17.9 Å². The quantitative estimate of drug-likeness (QED) is 0.643. The van der Waals surface area contributed by atoms with E-state index >= 15 is 0 Å². The Balaban J connectivity index is 1.71. The number of hydrogen-bond acceptors (Lipinski definition) is 5. The third-order valence-corrected chi connectivity index (χ3v) is 4.91. The number of amides is 1. The zero-order chi connectivity index (χ0) is 18.5. The van der Waals surface area contributed by atoms with Gasteiger partial charge in [-0.1, -0.05) is 47.9 Å². The molecule has 0 radical (unpaired) electrons. The molecule has 1 heterocycles. The number of aromatic nitrogens is 2. The first-order valence-electron chi connectivity index (χ1n) is 8.48. The van der Waals surface area contributed by atoms with E-state index in [2.05, 4.69) is 54.5 Å². The lowest BCUT2D eigenvalue weighted by Crippen LogP contribution is -2.13. The molecule has 0 aliphatic rings. The number of rotatable bonds is 6. The summed E-state index contributed by atoms with van der Waals surface area (Å²) < 4.78 is 5.60. The molecule has 1 N–H and O–H groups in total. The number of benzene rings is 2. The van der Waals surface area contributed by atoms with Crippen LogP contribution in [-0.2, 0) is 6.42 Å². The Morgan fingerprint density at radius 3 is 2.73 bits per heavy atom. The van der Waals surface area contributed by atoms with Crippen molar-refractivity contribution in [2.45, 2.75) is 32.1 Å². The first kappa shape index (κ1) is 18.2. The molecule has 0 aliphatic carbocycles. The van der Waals surface area contributed by atoms with Gasteiger partial charge in [-0.05, 0) is 42.9 Å². The molecule has 0 saturated heterocycles. The van der Waals surface area contributed by atoms with Gasteiger partial charge in [0.05, 0.1) is 12.0 Å². The number of nitrogens with one attached hydrogen (secondary N) is 1. The number of nitrogens with zero attached hydrogens (tertiary/aromatic N) is 2. The summed E-state index contributed by atoms with van der Waals surface area (Å²) in [5, 5.41) is 10.7. The predicted molar refractivity (Wildman–Crippen MR) is 104 cm³/mol. The first-order valence-corrected chi connectivity index (χ1v) is 9.47. The van der Waals surface area contributed by atoms with Gasteiger partial charge in [0.1, 0.15) is 0 Å². The maximum Gasteiger partial charge on any atom is 0.322 e. The van der Waals surface area contributed by atoms with Crippen molar-refractivity contribution < 1.29 is 9.21 Å². The van der Waals surface area contributed by atoms with Crippen molar-refractivity contribution in [1.82, 2.24) is 10.2 Å². The van der Waals surface area contributed by atoms with E-state index in [9.17, 15) is 4.79 Å². The Morgan fingerprint density at radius 2 is 1.96 bits per heavy atom. The van der Waals surface area contributed by atoms with E-state index < -0.39 is 0 Å². The van der Waals surface area contributed by atoms with Crippen molar-refractivity contribution >= 4 is 23.7 Å². The number of carbonyl (C=O) groups excluding carboxylic acids is 1. The molecular weight excluding hydrogens is 346 g/mol. The van der Waals surface area contributed by atoms with E-state index in [1.165, 1.54) is 11.1 Å². The van der Waals surface area contributed by atoms with Crippen molar-refractivity contribution in [2.24, 2.45) is 0 Å². The predicted octanol–water partition coefficient (Wildman–Crippen LogP) is 4.64. The lowest BCUT2D eigenvalue weighted by molar-refractivity contribution is 0.102. The summed E-state index contributed by atoms with van der Waals surface area (Å²) in [4.78, 5) is 13.4. The van der Waals surface area contributed by atoms with Gasteiger partial charge in [0.2, 0.25) is 5.89 Å². The van der Waals surface area contributed by atoms with Crippen LogP contribution in [0.3, 0.4) is 0 Å². The summed E-state index contributed by atoms with van der Waals surface area (Å²) >= 11 is 1.62. The summed E-state index contributed by atoms with van der Waals surface area (Å²) in [7, 11) is 0. The first-order chi connectivity index (χ1) is 12.6. The van der Waals surface area contributed by atoms with Gasteiger partial charge in [-0.2, -0.15) is 0 Å². The molecule has 1 aromatic heterocycles. The normalized spacial score (nSPS) is 10.7. The molecule has 3 rings (SSSR count). The Morgan fingerprint density at radius 1 is 1.15 bits per heavy atom. The average molecular weight is 367 g/mol. The highest BCUT2D eigenvalue weighted by Crippen LogP contribution is 2.23. The van der Waals surface area contributed by atoms with Gasteiger partial charge in [-0.15, -0.1) is 16.9 Å². The maximum atomic E-state index is 12.5. The minimum atomic E-state index is -0.247. The van der Waals surface area contributed by atoms with E-state index in [4.69, 9.17) is 4.42 Å². The molecule has 3 aromatic rings. The van der Waals surface area contributed by atoms with Gasteiger partial charge < -0.3 is 4.42 Å². The Hall–Kier alpha value is -2.60. The topological polar surface area (TPSA) is 68.0 Å². The number of anilines is 1. The highest BCUT2D eigenvalue weighted by molar-refractivity contribution is 7.99. The molecule has 0 unspecified atom stereocenters. The van der Waals surface area contributed by atoms with Crippen LogP contribution in [0.15, 0.2) is 51.8 Å². The van der Waals surface area contributed by atoms with E-state index in [-0.39, 0.29) is 11.9 Å². The largest absolute Gasteiger partial charge is 0.407 e. The smallest absolute Gasteiger partial charge is 0.322 e. The van der Waals surface area contributed by atoms with Crippen LogP contribution in [0, 0.1) is 13.8 Å². The molecule has 0 aliphatic heterocycles. The fourth-order valence-corrected chi connectivity index (χ4v) is 3.48. The number of hydrogen-bond donors (Lipinski definition) is 1. The Labute approximate surface area is 157 Å². The molecule has 6 heteroatoms. The second kappa shape index (κ2) is 8.19. The molecular formula is C20H21N3O2S. The summed E-state index contributed by atoms with van der Waals surface area (Å²) in [6.45, 7) is 6.17. The van der Waals surface area contributed by atoms with Gasteiger partial charge in [-0.3, -0.25) is 10.1 Å². The molecule has 0 spiro atoms. The lowest BCUT2D eigenvalue weighted by Gasteiger charge is -2.06. The molecule has 0 bridgehead atoms. The summed E-state index contributed by atoms with van der Waals surface area (Å²) in [6.07, 6.45) is 0.539. The average Bonchev–Trinajstić information content (AvgIpc) is 3.05. The van der Waals surface area contributed by atoms with Crippen LogP contribution in [-0.4, -0.2) is 21.9 Å². The van der Waals surface area contributed by atoms with Gasteiger partial charge in [0, 0.05) is 4.90 Å². The number of carbonyl (C=O) groups is 1. The Kier molecular flexibility index (Phi) is 5.73. The molecule has 134 valence electrons. The van der Waals surface area contributed by atoms with Crippen LogP contribution in [0.25, 0.3) is 0 Å². The van der Waals surface area contributed by atoms with Crippen LogP contribution in [0.5, 0.6) is 0 Å². The zero-order valence-corrected chi connectivity index (χ0v) is 15.9. The molecule has 2 aromatic carbocycles. The van der Waals surface area contributed by atoms with Crippen molar-refractivity contribution in [3.05, 3.63) is 70.6 Å². The highest BCUT2D eigenvalue weighted by Gasteiger charge is 2.15. The number of thioether (sulfide) groups is 1. The van der Waals surface area contributed by atoms with E-state index in [1.54, 1.807) is 17.8 Å². The lowest BCUT2D eigenvalue weighted by atomic mass is 10.0. The zero-order valence-electron chi connectivity index (χ0n) is 15.1. The highest BCUT2D eigenvalue weighted by atomic mass is 32.2. The van der Waals surface area contributed by atoms with Crippen molar-refractivity contribution in [2.75, 3.05) is 11.1 Å². The minimum absolute atomic E-state index is 0.117. The second-order valence-electron chi connectivity index (χ2n) is 5.99. The molecule has 0 atom stereocenters. The molecule has 5 nitrogen and oxygen atoms in total. The van der Waals surface area contributed by atoms with Gasteiger partial charge >= 0.3 is 6.01 Å². The fourth-order valence-electron chi connectivity index (χ4n) is 2.68. The summed E-state index contributed by atoms with van der Waals surface area (Å²) in [5.41, 5.74) is 4.13. The molecule has 0 fully saturated rings. The van der Waals surface area contributed by atoms with Crippen LogP contribution in [0.2, 0.25) is 0 Å². The second-order valence-corrected chi connectivity index (χ2v) is 7.30. The molecule has 1 amide bonds. The van der Waals surface area contributed by atoms with Crippen molar-refractivity contribution in [3.8, 4) is 0 Å². The Bertz CT molecular complexity index is 921.